The van der Waals surface area contributed by atoms with Gasteiger partial charge in [0.05, 0.1) is 11.4 Å². The first kappa shape index (κ1) is 21.1. The minimum atomic E-state index is -3.72. The zero-order valence-corrected chi connectivity index (χ0v) is 15.1. The van der Waals surface area contributed by atoms with Crippen molar-refractivity contribution >= 4 is 39.9 Å². The van der Waals surface area contributed by atoms with Crippen LogP contribution in [0, 0.1) is 0 Å². The van der Waals surface area contributed by atoms with E-state index < -0.39 is 10.0 Å². The van der Waals surface area contributed by atoms with Crippen LogP contribution in [0.2, 0.25) is 5.02 Å². The minimum Gasteiger partial charge on any atom is -0.341 e. The van der Waals surface area contributed by atoms with Gasteiger partial charge in [0, 0.05) is 31.7 Å². The van der Waals surface area contributed by atoms with Crippen LogP contribution < -0.4 is 5.73 Å². The molecule has 0 spiro atoms. The lowest BCUT2D eigenvalue weighted by atomic mass is 10.3. The smallest absolute Gasteiger partial charge is 0.243 e. The Morgan fingerprint density at radius 2 is 1.77 bits per heavy atom. The minimum absolute atomic E-state index is 0. The Hall–Kier alpha value is -0.860. The van der Waals surface area contributed by atoms with Gasteiger partial charge in [-0.25, -0.2) is 8.42 Å². The number of amides is 1. The highest BCUT2D eigenvalue weighted by Crippen LogP contribution is 2.17. The lowest BCUT2D eigenvalue weighted by Crippen LogP contribution is -2.45. The summed E-state index contributed by atoms with van der Waals surface area (Å²) in [7, 11) is -0.757. The van der Waals surface area contributed by atoms with Crippen LogP contribution in [0.5, 0.6) is 0 Å². The molecule has 1 aromatic carbocycles. The maximum absolute atomic E-state index is 12.3. The third-order valence-electron chi connectivity index (χ3n) is 3.28. The molecule has 0 saturated carbocycles. The Bertz CT molecular complexity index is 593. The monoisotopic (exact) mass is 369 g/mol. The summed E-state index contributed by atoms with van der Waals surface area (Å²) < 4.78 is 25.7. The summed E-state index contributed by atoms with van der Waals surface area (Å²) in [6.07, 6.45) is 0. The van der Waals surface area contributed by atoms with Gasteiger partial charge >= 0.3 is 0 Å². The van der Waals surface area contributed by atoms with Crippen LogP contribution in [0.25, 0.3) is 0 Å². The van der Waals surface area contributed by atoms with Gasteiger partial charge in [0.1, 0.15) is 0 Å². The number of hydrogen-bond donors (Lipinski definition) is 1. The molecule has 9 heteroatoms. The first-order chi connectivity index (χ1) is 9.70. The zero-order valence-electron chi connectivity index (χ0n) is 12.7. The van der Waals surface area contributed by atoms with Gasteiger partial charge in [-0.3, -0.25) is 4.79 Å². The lowest BCUT2D eigenvalue weighted by molar-refractivity contribution is -0.131. The highest BCUT2D eigenvalue weighted by atomic mass is 35.5. The molecule has 0 fully saturated rings. The van der Waals surface area contributed by atoms with Gasteiger partial charge in [-0.2, -0.15) is 4.31 Å². The fraction of sp³-hybridized carbons (Fsp3) is 0.462. The quantitative estimate of drug-likeness (QED) is 0.815. The number of nitrogens with zero attached hydrogens (tertiary/aromatic N) is 2. The van der Waals surface area contributed by atoms with Gasteiger partial charge in [0.25, 0.3) is 0 Å². The van der Waals surface area contributed by atoms with Gasteiger partial charge in [-0.05, 0) is 31.2 Å². The molecule has 0 saturated heterocycles. The average molecular weight is 370 g/mol. The van der Waals surface area contributed by atoms with E-state index in [0.29, 0.717) is 11.6 Å². The van der Waals surface area contributed by atoms with Crippen molar-refractivity contribution in [3.05, 3.63) is 29.3 Å². The van der Waals surface area contributed by atoms with Crippen molar-refractivity contribution in [1.82, 2.24) is 9.21 Å². The molecule has 1 rings (SSSR count). The van der Waals surface area contributed by atoms with E-state index in [1.165, 1.54) is 36.2 Å². The molecule has 1 aromatic rings. The first-order valence-corrected chi connectivity index (χ1v) is 8.19. The molecule has 0 aliphatic rings. The summed E-state index contributed by atoms with van der Waals surface area (Å²) in [5, 5.41) is 0.448. The molecule has 2 N–H and O–H groups in total. The Kier molecular flexibility index (Phi) is 8.35. The van der Waals surface area contributed by atoms with Crippen LogP contribution in [0.1, 0.15) is 6.92 Å². The predicted octanol–water partition coefficient (Wildman–Crippen LogP) is 1.19. The summed E-state index contributed by atoms with van der Waals surface area (Å²) in [5.74, 6) is -0.312. The van der Waals surface area contributed by atoms with Gasteiger partial charge in [0.2, 0.25) is 15.9 Å². The number of carbonyl (C=O) groups excluding carboxylic acids is 1. The molecule has 22 heavy (non-hydrogen) atoms. The van der Waals surface area contributed by atoms with Crippen molar-refractivity contribution in [3.63, 3.8) is 0 Å². The van der Waals surface area contributed by atoms with Gasteiger partial charge < -0.3 is 10.6 Å². The van der Waals surface area contributed by atoms with E-state index in [1.54, 1.807) is 14.0 Å². The fourth-order valence-electron chi connectivity index (χ4n) is 1.58. The van der Waals surface area contributed by atoms with E-state index >= 15 is 0 Å². The van der Waals surface area contributed by atoms with Gasteiger partial charge in [-0.1, -0.05) is 11.6 Å². The second kappa shape index (κ2) is 8.69. The topological polar surface area (TPSA) is 83.7 Å². The summed E-state index contributed by atoms with van der Waals surface area (Å²) >= 11 is 5.74. The second-order valence-corrected chi connectivity index (χ2v) is 7.29. The summed E-state index contributed by atoms with van der Waals surface area (Å²) in [5.41, 5.74) is 5.49. The molecule has 0 aromatic heterocycles. The van der Waals surface area contributed by atoms with Crippen molar-refractivity contribution in [1.29, 1.82) is 0 Å². The van der Waals surface area contributed by atoms with Crippen LogP contribution >= 0.6 is 24.0 Å². The fourth-order valence-corrected chi connectivity index (χ4v) is 2.82. The molecule has 1 unspecified atom stereocenters. The summed E-state index contributed by atoms with van der Waals surface area (Å²) in [4.78, 5) is 13.6. The van der Waals surface area contributed by atoms with Crippen molar-refractivity contribution in [3.8, 4) is 0 Å². The van der Waals surface area contributed by atoms with E-state index in [2.05, 4.69) is 0 Å². The maximum Gasteiger partial charge on any atom is 0.243 e. The van der Waals surface area contributed by atoms with Crippen molar-refractivity contribution in [2.45, 2.75) is 17.9 Å². The SMILES string of the molecule is CC(CN)N(C)C(=O)CN(C)S(=O)(=O)c1ccc(Cl)cc1.Cl. The Morgan fingerprint density at radius 3 is 2.23 bits per heavy atom. The highest BCUT2D eigenvalue weighted by molar-refractivity contribution is 7.89. The molecular weight excluding hydrogens is 349 g/mol. The van der Waals surface area contributed by atoms with Crippen molar-refractivity contribution in [2.75, 3.05) is 27.2 Å². The molecule has 1 amide bonds. The van der Waals surface area contributed by atoms with Crippen LogP contribution in [-0.4, -0.2) is 56.8 Å². The first-order valence-electron chi connectivity index (χ1n) is 6.37. The van der Waals surface area contributed by atoms with Crippen LogP contribution in [-0.2, 0) is 14.8 Å². The number of likely N-dealkylation sites (N-methyl/N-ethyl adjacent to an activating group) is 2. The molecule has 0 radical (unpaired) electrons. The molecular formula is C13H21Cl2N3O3S. The van der Waals surface area contributed by atoms with E-state index in [1.807, 2.05) is 0 Å². The Morgan fingerprint density at radius 1 is 1.27 bits per heavy atom. The lowest BCUT2D eigenvalue weighted by Gasteiger charge is -2.26. The highest BCUT2D eigenvalue weighted by Gasteiger charge is 2.25. The van der Waals surface area contributed by atoms with Crippen LogP contribution in [0.4, 0.5) is 0 Å². The van der Waals surface area contributed by atoms with Crippen molar-refractivity contribution in [2.24, 2.45) is 5.73 Å². The number of carbonyl (C=O) groups is 1. The normalized spacial score (nSPS) is 12.6. The molecule has 0 aliphatic heterocycles. The summed E-state index contributed by atoms with van der Waals surface area (Å²) in [6.45, 7) is 1.87. The average Bonchev–Trinajstić information content (AvgIpc) is 2.45. The molecule has 0 bridgehead atoms. The number of halogens is 2. The summed E-state index contributed by atoms with van der Waals surface area (Å²) in [6, 6.07) is 5.65. The third-order valence-corrected chi connectivity index (χ3v) is 5.34. The van der Waals surface area contributed by atoms with E-state index in [-0.39, 0.29) is 35.8 Å². The third kappa shape index (κ3) is 5.10. The van der Waals surface area contributed by atoms with Gasteiger partial charge in [-0.15, -0.1) is 12.4 Å². The van der Waals surface area contributed by atoms with E-state index in [9.17, 15) is 13.2 Å². The molecule has 1 atom stereocenters. The Labute approximate surface area is 142 Å². The van der Waals surface area contributed by atoms with Crippen LogP contribution in [0.15, 0.2) is 29.2 Å². The number of benzene rings is 1. The van der Waals surface area contributed by atoms with E-state index in [0.717, 1.165) is 4.31 Å². The number of hydrogen-bond acceptors (Lipinski definition) is 4. The van der Waals surface area contributed by atoms with Crippen molar-refractivity contribution < 1.29 is 13.2 Å². The Balaban J connectivity index is 0.00000441. The largest absolute Gasteiger partial charge is 0.341 e. The molecule has 0 aliphatic carbocycles. The number of rotatable bonds is 6. The number of nitrogens with two attached hydrogens (primary N) is 1. The second-order valence-electron chi connectivity index (χ2n) is 4.80. The number of sulfonamides is 1. The molecule has 126 valence electrons. The zero-order chi connectivity index (χ0) is 16.2. The molecule has 0 heterocycles. The maximum atomic E-state index is 12.3. The van der Waals surface area contributed by atoms with Gasteiger partial charge in [0.15, 0.2) is 0 Å². The predicted molar refractivity (Wildman–Crippen MR) is 89.8 cm³/mol. The van der Waals surface area contributed by atoms with E-state index in [4.69, 9.17) is 17.3 Å². The standard InChI is InChI=1S/C13H20ClN3O3S.ClH/c1-10(8-15)17(3)13(18)9-16(2)21(19,20)12-6-4-11(14)5-7-12;/h4-7,10H,8-9,15H2,1-3H3;1H. The molecule has 6 nitrogen and oxygen atoms in total. The van der Waals surface area contributed by atoms with Crippen LogP contribution in [0.3, 0.4) is 0 Å².